The minimum atomic E-state index is -2.47. The average Bonchev–Trinajstić information content (AvgIpc) is 1.90. The van der Waals surface area contributed by atoms with Crippen LogP contribution in [0.25, 0.3) is 0 Å². The molecule has 0 amide bonds. The van der Waals surface area contributed by atoms with Gasteiger partial charge in [-0.15, -0.1) is 0 Å². The SMILES string of the molecule is O=P12CCC(OC1)OO2. The van der Waals surface area contributed by atoms with Gasteiger partial charge in [0, 0.05) is 12.6 Å². The van der Waals surface area contributed by atoms with Crippen molar-refractivity contribution in [2.45, 2.75) is 12.7 Å². The summed E-state index contributed by atoms with van der Waals surface area (Å²) in [6.07, 6.45) is 1.29. The van der Waals surface area contributed by atoms with Crippen LogP contribution in [0.1, 0.15) is 6.42 Å². The fourth-order valence-electron chi connectivity index (χ4n) is 0.908. The van der Waals surface area contributed by atoms with Crippen molar-refractivity contribution < 1.29 is 18.9 Å². The molecule has 2 unspecified atom stereocenters. The average molecular weight is 150 g/mol. The topological polar surface area (TPSA) is 44.8 Å². The van der Waals surface area contributed by atoms with E-state index >= 15 is 0 Å². The summed E-state index contributed by atoms with van der Waals surface area (Å²) in [7, 11) is -2.47. The molecule has 5 heteroatoms. The lowest BCUT2D eigenvalue weighted by atomic mass is 10.5. The van der Waals surface area contributed by atoms with Crippen LogP contribution in [0.3, 0.4) is 0 Å². The Morgan fingerprint density at radius 3 is 2.67 bits per heavy atom. The molecule has 2 bridgehead atoms. The van der Waals surface area contributed by atoms with E-state index in [-0.39, 0.29) is 12.6 Å². The van der Waals surface area contributed by atoms with E-state index in [1.54, 1.807) is 0 Å². The molecular formula is C4H7O4P. The third-order valence-electron chi connectivity index (χ3n) is 1.45. The van der Waals surface area contributed by atoms with Crippen LogP contribution in [-0.2, 0) is 18.9 Å². The quantitative estimate of drug-likeness (QED) is 0.380. The van der Waals surface area contributed by atoms with Crippen molar-refractivity contribution >= 4 is 7.37 Å². The van der Waals surface area contributed by atoms with E-state index in [0.717, 1.165) is 0 Å². The maximum Gasteiger partial charge on any atom is 0.260 e. The van der Waals surface area contributed by atoms with Gasteiger partial charge in [-0.2, -0.15) is 9.56 Å². The first-order chi connectivity index (χ1) is 4.29. The number of hydrogen-bond acceptors (Lipinski definition) is 4. The molecule has 0 aromatic rings. The molecule has 3 heterocycles. The van der Waals surface area contributed by atoms with E-state index in [4.69, 9.17) is 4.74 Å². The zero-order valence-electron chi connectivity index (χ0n) is 4.78. The second-order valence-corrected chi connectivity index (χ2v) is 4.71. The minimum Gasteiger partial charge on any atom is -0.339 e. The maximum atomic E-state index is 11.2. The number of hydrogen-bond donors (Lipinski definition) is 0. The largest absolute Gasteiger partial charge is 0.339 e. The van der Waals surface area contributed by atoms with E-state index in [0.29, 0.717) is 12.6 Å². The monoisotopic (exact) mass is 150 g/mol. The van der Waals surface area contributed by atoms with Crippen LogP contribution < -0.4 is 0 Å². The molecule has 2 atom stereocenters. The molecule has 0 N–H and O–H groups in total. The van der Waals surface area contributed by atoms with Gasteiger partial charge in [-0.1, -0.05) is 0 Å². The maximum absolute atomic E-state index is 11.2. The lowest BCUT2D eigenvalue weighted by Crippen LogP contribution is -2.31. The first-order valence-corrected chi connectivity index (χ1v) is 4.83. The van der Waals surface area contributed by atoms with E-state index in [2.05, 4.69) is 9.56 Å². The van der Waals surface area contributed by atoms with Gasteiger partial charge in [-0.25, -0.2) is 0 Å². The zero-order chi connectivity index (χ0) is 6.32. The van der Waals surface area contributed by atoms with Crippen molar-refractivity contribution in [1.29, 1.82) is 0 Å². The van der Waals surface area contributed by atoms with Gasteiger partial charge in [0.1, 0.15) is 6.35 Å². The molecule has 3 aliphatic heterocycles. The Bertz CT molecular complexity index is 139. The summed E-state index contributed by atoms with van der Waals surface area (Å²) in [5.41, 5.74) is 0. The fourth-order valence-corrected chi connectivity index (χ4v) is 2.40. The van der Waals surface area contributed by atoms with Crippen LogP contribution in [-0.4, -0.2) is 18.8 Å². The molecule has 3 fully saturated rings. The predicted octanol–water partition coefficient (Wildman–Crippen LogP) is 0.930. The van der Waals surface area contributed by atoms with Crippen LogP contribution in [0.4, 0.5) is 0 Å². The Balaban J connectivity index is 2.20. The van der Waals surface area contributed by atoms with Crippen LogP contribution in [0, 0.1) is 0 Å². The highest BCUT2D eigenvalue weighted by atomic mass is 31.2. The van der Waals surface area contributed by atoms with Crippen LogP contribution in [0.5, 0.6) is 0 Å². The van der Waals surface area contributed by atoms with Crippen molar-refractivity contribution in [3.05, 3.63) is 0 Å². The third kappa shape index (κ3) is 0.923. The van der Waals surface area contributed by atoms with Crippen molar-refractivity contribution in [3.63, 3.8) is 0 Å². The molecule has 0 aliphatic carbocycles. The Morgan fingerprint density at radius 1 is 1.56 bits per heavy atom. The van der Waals surface area contributed by atoms with Gasteiger partial charge >= 0.3 is 0 Å². The summed E-state index contributed by atoms with van der Waals surface area (Å²) in [6, 6.07) is 0. The number of rotatable bonds is 0. The first-order valence-electron chi connectivity index (χ1n) is 2.83. The zero-order valence-corrected chi connectivity index (χ0v) is 5.67. The van der Waals surface area contributed by atoms with Crippen LogP contribution in [0.15, 0.2) is 0 Å². The summed E-state index contributed by atoms with van der Waals surface area (Å²) in [4.78, 5) is 4.59. The number of fused-ring (bicyclic) bond motifs is 3. The van der Waals surface area contributed by atoms with Gasteiger partial charge in [0.05, 0.1) is 0 Å². The van der Waals surface area contributed by atoms with Gasteiger partial charge in [0.2, 0.25) is 0 Å². The van der Waals surface area contributed by atoms with E-state index in [1.807, 2.05) is 0 Å². The number of ether oxygens (including phenoxy) is 1. The molecule has 0 aromatic carbocycles. The predicted molar refractivity (Wildman–Crippen MR) is 29.0 cm³/mol. The van der Waals surface area contributed by atoms with Crippen LogP contribution >= 0.6 is 7.37 Å². The third-order valence-corrected chi connectivity index (χ3v) is 3.29. The molecular weight excluding hydrogens is 143 g/mol. The molecule has 3 rings (SSSR count). The Morgan fingerprint density at radius 2 is 2.44 bits per heavy atom. The van der Waals surface area contributed by atoms with Crippen LogP contribution in [0.2, 0.25) is 0 Å². The van der Waals surface area contributed by atoms with Crippen molar-refractivity contribution in [3.8, 4) is 0 Å². The fraction of sp³-hybridized carbons (Fsp3) is 1.00. The summed E-state index contributed by atoms with van der Waals surface area (Å²) < 4.78 is 20.7. The molecule has 0 aromatic heterocycles. The smallest absolute Gasteiger partial charge is 0.260 e. The summed E-state index contributed by atoms with van der Waals surface area (Å²) >= 11 is 0. The summed E-state index contributed by atoms with van der Waals surface area (Å²) in [5.74, 6) is 0. The molecule has 3 aliphatic rings. The highest BCUT2D eigenvalue weighted by Gasteiger charge is 2.39. The second kappa shape index (κ2) is 1.80. The second-order valence-electron chi connectivity index (χ2n) is 2.22. The molecule has 0 saturated carbocycles. The highest BCUT2D eigenvalue weighted by Crippen LogP contribution is 2.55. The normalized spacial score (nSPS) is 49.6. The molecule has 0 radical (unpaired) electrons. The Hall–Kier alpha value is 0.110. The van der Waals surface area contributed by atoms with Gasteiger partial charge in [-0.05, 0) is 0 Å². The molecule has 4 nitrogen and oxygen atoms in total. The Labute approximate surface area is 52.5 Å². The van der Waals surface area contributed by atoms with E-state index in [1.165, 1.54) is 0 Å². The lowest BCUT2D eigenvalue weighted by molar-refractivity contribution is -0.344. The van der Waals surface area contributed by atoms with Gasteiger partial charge in [0.15, 0.2) is 6.29 Å². The van der Waals surface area contributed by atoms with Gasteiger partial charge in [-0.3, -0.25) is 4.57 Å². The van der Waals surface area contributed by atoms with E-state index < -0.39 is 7.37 Å². The summed E-state index contributed by atoms with van der Waals surface area (Å²) in [5, 5.41) is 0. The van der Waals surface area contributed by atoms with E-state index in [9.17, 15) is 4.57 Å². The molecule has 0 spiro atoms. The van der Waals surface area contributed by atoms with Crippen molar-refractivity contribution in [2.24, 2.45) is 0 Å². The molecule has 3 saturated heterocycles. The van der Waals surface area contributed by atoms with Gasteiger partial charge < -0.3 is 4.74 Å². The van der Waals surface area contributed by atoms with Crippen molar-refractivity contribution in [2.75, 3.05) is 12.5 Å². The lowest BCUT2D eigenvalue weighted by Gasteiger charge is -2.33. The first kappa shape index (κ1) is 5.86. The minimum absolute atomic E-state index is 0.234. The standard InChI is InChI=1S/C4H7O4P/c5-9-2-1-4(6-3-9)7-8-9/h4H,1-3H2. The molecule has 52 valence electrons. The summed E-state index contributed by atoms with van der Waals surface area (Å²) in [6.45, 7) is 0. The molecule has 9 heavy (non-hydrogen) atoms. The Kier molecular flexibility index (Phi) is 1.17. The highest BCUT2D eigenvalue weighted by molar-refractivity contribution is 7.58. The van der Waals surface area contributed by atoms with Crippen molar-refractivity contribution in [1.82, 2.24) is 0 Å². The van der Waals surface area contributed by atoms with Gasteiger partial charge in [0.25, 0.3) is 7.37 Å².